The molecule has 35 heavy (non-hydrogen) atoms. The Hall–Kier alpha value is -3.35. The van der Waals surface area contributed by atoms with E-state index < -0.39 is 34.9 Å². The van der Waals surface area contributed by atoms with Gasteiger partial charge in [-0.25, -0.2) is 4.79 Å². The van der Waals surface area contributed by atoms with Crippen LogP contribution in [-0.4, -0.2) is 53.3 Å². The SMILES string of the molecule is CC(C)(C)OC(=O)C1CN(C(=O)OCC2c3ccccc3-c3ccccc32)CC12CC(C(=O)O)C2. The van der Waals surface area contributed by atoms with Crippen LogP contribution >= 0.6 is 0 Å². The first-order chi connectivity index (χ1) is 16.6. The molecule has 2 aromatic carbocycles. The molecule has 1 spiro atoms. The van der Waals surface area contributed by atoms with Crippen LogP contribution < -0.4 is 0 Å². The third-order valence-corrected chi connectivity index (χ3v) is 7.59. The van der Waals surface area contributed by atoms with E-state index in [1.165, 1.54) is 0 Å². The van der Waals surface area contributed by atoms with Gasteiger partial charge in [0.2, 0.25) is 0 Å². The highest BCUT2D eigenvalue weighted by molar-refractivity contribution is 5.80. The highest BCUT2D eigenvalue weighted by Crippen LogP contribution is 2.55. The number of carbonyl (C=O) groups excluding carboxylic acids is 2. The highest BCUT2D eigenvalue weighted by Gasteiger charge is 2.60. The Morgan fingerprint density at radius 2 is 1.57 bits per heavy atom. The molecule has 1 N–H and O–H groups in total. The van der Waals surface area contributed by atoms with Crippen molar-refractivity contribution in [2.24, 2.45) is 17.3 Å². The molecule has 2 aliphatic carbocycles. The van der Waals surface area contributed by atoms with Crippen LogP contribution in [0.5, 0.6) is 0 Å². The average Bonchev–Trinajstić information content (AvgIpc) is 3.33. The second-order valence-corrected chi connectivity index (χ2v) is 11.1. The summed E-state index contributed by atoms with van der Waals surface area (Å²) in [7, 11) is 0. The van der Waals surface area contributed by atoms with Crippen LogP contribution in [0.3, 0.4) is 0 Å². The second kappa shape index (κ2) is 8.40. The van der Waals surface area contributed by atoms with E-state index in [0.29, 0.717) is 19.4 Å². The van der Waals surface area contributed by atoms with E-state index in [1.807, 2.05) is 24.3 Å². The molecule has 1 heterocycles. The third-order valence-electron chi connectivity index (χ3n) is 7.59. The first kappa shape index (κ1) is 23.4. The van der Waals surface area contributed by atoms with Crippen molar-refractivity contribution in [1.82, 2.24) is 4.90 Å². The Morgan fingerprint density at radius 3 is 2.11 bits per heavy atom. The Balaban J connectivity index is 1.30. The van der Waals surface area contributed by atoms with Crippen molar-refractivity contribution in [2.75, 3.05) is 19.7 Å². The monoisotopic (exact) mass is 477 g/mol. The number of benzene rings is 2. The number of hydrogen-bond donors (Lipinski definition) is 1. The van der Waals surface area contributed by atoms with Gasteiger partial charge in [-0.15, -0.1) is 0 Å². The Kier molecular flexibility index (Phi) is 5.61. The van der Waals surface area contributed by atoms with E-state index in [9.17, 15) is 19.5 Å². The van der Waals surface area contributed by atoms with E-state index in [2.05, 4.69) is 24.3 Å². The molecule has 0 aromatic heterocycles. The van der Waals surface area contributed by atoms with Crippen LogP contribution in [0.15, 0.2) is 48.5 Å². The lowest BCUT2D eigenvalue weighted by molar-refractivity contribution is -0.170. The topological polar surface area (TPSA) is 93.1 Å². The number of nitrogens with zero attached hydrogens (tertiary/aromatic N) is 1. The van der Waals surface area contributed by atoms with E-state index in [1.54, 1.807) is 25.7 Å². The summed E-state index contributed by atoms with van der Waals surface area (Å²) in [6.45, 7) is 6.09. The molecule has 2 aromatic rings. The van der Waals surface area contributed by atoms with Gasteiger partial charge >= 0.3 is 18.0 Å². The summed E-state index contributed by atoms with van der Waals surface area (Å²) < 4.78 is 11.4. The summed E-state index contributed by atoms with van der Waals surface area (Å²) >= 11 is 0. The summed E-state index contributed by atoms with van der Waals surface area (Å²) in [5.74, 6) is -2.35. The van der Waals surface area contributed by atoms with E-state index in [0.717, 1.165) is 22.3 Å². The maximum Gasteiger partial charge on any atom is 0.409 e. The van der Waals surface area contributed by atoms with Crippen molar-refractivity contribution in [3.63, 3.8) is 0 Å². The first-order valence-electron chi connectivity index (χ1n) is 12.1. The van der Waals surface area contributed by atoms with Crippen LogP contribution in [0.25, 0.3) is 11.1 Å². The normalized spacial score (nSPS) is 25.1. The molecule has 1 saturated heterocycles. The zero-order valence-electron chi connectivity index (χ0n) is 20.3. The maximum atomic E-state index is 13.2. The van der Waals surface area contributed by atoms with Gasteiger partial charge in [-0.05, 0) is 55.9 Å². The molecule has 3 aliphatic rings. The largest absolute Gasteiger partial charge is 0.481 e. The number of ether oxygens (including phenoxy) is 2. The molecule has 1 atom stereocenters. The lowest BCUT2D eigenvalue weighted by Gasteiger charge is -2.46. The van der Waals surface area contributed by atoms with Crippen molar-refractivity contribution < 1.29 is 29.0 Å². The molecule has 1 unspecified atom stereocenters. The summed E-state index contributed by atoms with van der Waals surface area (Å²) in [5.41, 5.74) is 3.35. The summed E-state index contributed by atoms with van der Waals surface area (Å²) in [4.78, 5) is 39.2. The molecule has 1 aliphatic heterocycles. The molecular formula is C28H31NO6. The first-order valence-corrected chi connectivity index (χ1v) is 12.1. The van der Waals surface area contributed by atoms with Crippen LogP contribution in [0, 0.1) is 17.3 Å². The number of carboxylic acids is 1. The second-order valence-electron chi connectivity index (χ2n) is 11.1. The number of rotatable bonds is 4. The van der Waals surface area contributed by atoms with Gasteiger partial charge in [-0.2, -0.15) is 0 Å². The number of hydrogen-bond acceptors (Lipinski definition) is 5. The lowest BCUT2D eigenvalue weighted by atomic mass is 9.57. The molecule has 7 heteroatoms. The van der Waals surface area contributed by atoms with Crippen LogP contribution in [-0.2, 0) is 19.1 Å². The standard InChI is InChI=1S/C28H31NO6/c1-27(2,3)35-25(32)23-14-29(16-28(23)12-17(13-28)24(30)31)26(33)34-15-22-20-10-6-4-8-18(20)19-9-5-7-11-21(19)22/h4-11,17,22-23H,12-16H2,1-3H3,(H,30,31). The summed E-state index contributed by atoms with van der Waals surface area (Å²) in [5, 5.41) is 9.41. The van der Waals surface area contributed by atoms with E-state index in [-0.39, 0.29) is 25.0 Å². The van der Waals surface area contributed by atoms with Crippen LogP contribution in [0.1, 0.15) is 50.7 Å². The molecular weight excluding hydrogens is 446 g/mol. The average molecular weight is 478 g/mol. The van der Waals surface area contributed by atoms with Crippen LogP contribution in [0.4, 0.5) is 4.79 Å². The minimum Gasteiger partial charge on any atom is -0.481 e. The quantitative estimate of drug-likeness (QED) is 0.642. The third kappa shape index (κ3) is 4.17. The molecule has 5 rings (SSSR count). The predicted octanol–water partition coefficient (Wildman–Crippen LogP) is 4.69. The zero-order chi connectivity index (χ0) is 25.0. The number of esters is 1. The van der Waals surface area contributed by atoms with Crippen molar-refractivity contribution in [3.8, 4) is 11.1 Å². The Morgan fingerprint density at radius 1 is 1.00 bits per heavy atom. The molecule has 7 nitrogen and oxygen atoms in total. The summed E-state index contributed by atoms with van der Waals surface area (Å²) in [6.07, 6.45) is 0.245. The molecule has 2 fully saturated rings. The van der Waals surface area contributed by atoms with Crippen molar-refractivity contribution in [3.05, 3.63) is 59.7 Å². The Bertz CT molecular complexity index is 1130. The zero-order valence-corrected chi connectivity index (χ0v) is 20.3. The molecule has 1 amide bonds. The van der Waals surface area contributed by atoms with Crippen molar-refractivity contribution in [2.45, 2.75) is 45.1 Å². The number of fused-ring (bicyclic) bond motifs is 3. The van der Waals surface area contributed by atoms with Crippen LogP contribution in [0.2, 0.25) is 0 Å². The summed E-state index contributed by atoms with van der Waals surface area (Å²) in [6, 6.07) is 16.3. The fourth-order valence-corrected chi connectivity index (χ4v) is 6.00. The van der Waals surface area contributed by atoms with Gasteiger partial charge in [0.1, 0.15) is 12.2 Å². The minimum atomic E-state index is -0.863. The van der Waals surface area contributed by atoms with Gasteiger partial charge in [0, 0.05) is 24.4 Å². The molecule has 0 bridgehead atoms. The van der Waals surface area contributed by atoms with E-state index in [4.69, 9.17) is 9.47 Å². The van der Waals surface area contributed by atoms with Gasteiger partial charge in [-0.1, -0.05) is 48.5 Å². The van der Waals surface area contributed by atoms with Gasteiger partial charge < -0.3 is 19.5 Å². The van der Waals surface area contributed by atoms with Crippen molar-refractivity contribution in [1.29, 1.82) is 0 Å². The van der Waals surface area contributed by atoms with Gasteiger partial charge in [0.15, 0.2) is 0 Å². The lowest BCUT2D eigenvalue weighted by Crippen LogP contribution is -2.49. The number of likely N-dealkylation sites (tertiary alicyclic amines) is 1. The molecule has 0 radical (unpaired) electrons. The fourth-order valence-electron chi connectivity index (χ4n) is 6.00. The maximum absolute atomic E-state index is 13.2. The van der Waals surface area contributed by atoms with Gasteiger partial charge in [-0.3, -0.25) is 9.59 Å². The number of amides is 1. The smallest absolute Gasteiger partial charge is 0.409 e. The molecule has 1 saturated carbocycles. The van der Waals surface area contributed by atoms with E-state index >= 15 is 0 Å². The van der Waals surface area contributed by atoms with Gasteiger partial charge in [0.25, 0.3) is 0 Å². The minimum absolute atomic E-state index is 0.0512. The number of carbonyl (C=O) groups is 3. The Labute approximate surface area is 205 Å². The highest BCUT2D eigenvalue weighted by atomic mass is 16.6. The predicted molar refractivity (Wildman–Crippen MR) is 129 cm³/mol. The van der Waals surface area contributed by atoms with Crippen molar-refractivity contribution >= 4 is 18.0 Å². The number of aliphatic carboxylic acids is 1. The molecule has 184 valence electrons. The van der Waals surface area contributed by atoms with Gasteiger partial charge in [0.05, 0.1) is 11.8 Å². The fraction of sp³-hybridized carbons (Fsp3) is 0.464. The number of carboxylic acid groups (broad SMARTS) is 1.